The normalized spacial score (nSPS) is 14.3. The van der Waals surface area contributed by atoms with E-state index in [2.05, 4.69) is 72.0 Å². The van der Waals surface area contributed by atoms with Crippen molar-refractivity contribution in [1.29, 1.82) is 0 Å². The third kappa shape index (κ3) is 3.48. The molecular weight excluding hydrogens is 288 g/mol. The van der Waals surface area contributed by atoms with Crippen molar-refractivity contribution < 1.29 is 0 Å². The van der Waals surface area contributed by atoms with Gasteiger partial charge < -0.3 is 10.2 Å². The molecule has 0 radical (unpaired) electrons. The second-order valence-electron chi connectivity index (χ2n) is 4.76. The highest BCUT2D eigenvalue weighted by atomic mass is 79.9. The minimum atomic E-state index is 0.383. The van der Waals surface area contributed by atoms with Crippen LogP contribution >= 0.6 is 15.9 Å². The minimum absolute atomic E-state index is 0.383. The van der Waals surface area contributed by atoms with E-state index in [0.29, 0.717) is 12.1 Å². The third-order valence-electron chi connectivity index (χ3n) is 3.68. The zero-order chi connectivity index (χ0) is 13.7. The summed E-state index contributed by atoms with van der Waals surface area (Å²) in [6.07, 6.45) is 1.16. The molecule has 1 rings (SSSR count). The summed E-state index contributed by atoms with van der Waals surface area (Å²) in [6, 6.07) is 7.62. The van der Waals surface area contributed by atoms with E-state index >= 15 is 0 Å². The smallest absolute Gasteiger partial charge is 0.0513 e. The van der Waals surface area contributed by atoms with Crippen LogP contribution in [0.4, 0.5) is 5.69 Å². The third-order valence-corrected chi connectivity index (χ3v) is 4.31. The molecule has 0 aromatic heterocycles. The second kappa shape index (κ2) is 7.15. The summed E-state index contributed by atoms with van der Waals surface area (Å²) in [7, 11) is 1.99. The zero-order valence-electron chi connectivity index (χ0n) is 12.1. The lowest BCUT2D eigenvalue weighted by molar-refractivity contribution is 0.627. The van der Waals surface area contributed by atoms with Crippen LogP contribution in [0.2, 0.25) is 0 Å². The van der Waals surface area contributed by atoms with E-state index in [1.165, 1.54) is 15.7 Å². The Balaban J connectivity index is 3.03. The first-order valence-electron chi connectivity index (χ1n) is 6.78. The van der Waals surface area contributed by atoms with Gasteiger partial charge in [0.2, 0.25) is 0 Å². The highest BCUT2D eigenvalue weighted by Gasteiger charge is 2.15. The Morgan fingerprint density at radius 3 is 2.39 bits per heavy atom. The van der Waals surface area contributed by atoms with E-state index in [1.807, 2.05) is 7.05 Å². The van der Waals surface area contributed by atoms with Crippen molar-refractivity contribution in [2.45, 2.75) is 46.2 Å². The summed E-state index contributed by atoms with van der Waals surface area (Å²) in [4.78, 5) is 2.44. The molecule has 2 nitrogen and oxygen atoms in total. The number of hydrogen-bond donors (Lipinski definition) is 1. The van der Waals surface area contributed by atoms with Gasteiger partial charge in [-0.2, -0.15) is 0 Å². The molecule has 102 valence electrons. The zero-order valence-corrected chi connectivity index (χ0v) is 13.7. The first-order valence-corrected chi connectivity index (χ1v) is 7.57. The SMILES string of the molecule is CCC(C)N(CC)c1ccc(C(C)NC)cc1Br. The van der Waals surface area contributed by atoms with Crippen LogP contribution in [0.3, 0.4) is 0 Å². The van der Waals surface area contributed by atoms with Gasteiger partial charge in [0, 0.05) is 23.1 Å². The van der Waals surface area contributed by atoms with Crippen molar-refractivity contribution >= 4 is 21.6 Å². The van der Waals surface area contributed by atoms with Gasteiger partial charge in [-0.3, -0.25) is 0 Å². The minimum Gasteiger partial charge on any atom is -0.368 e. The Morgan fingerprint density at radius 2 is 1.94 bits per heavy atom. The van der Waals surface area contributed by atoms with Crippen LogP contribution in [-0.2, 0) is 0 Å². The number of halogens is 1. The maximum Gasteiger partial charge on any atom is 0.0513 e. The molecule has 0 aliphatic rings. The molecule has 0 spiro atoms. The molecular formula is C15H25BrN2. The van der Waals surface area contributed by atoms with Crippen LogP contribution < -0.4 is 10.2 Å². The highest BCUT2D eigenvalue weighted by Crippen LogP contribution is 2.31. The number of anilines is 1. The van der Waals surface area contributed by atoms with Gasteiger partial charge in [0.15, 0.2) is 0 Å². The molecule has 0 saturated heterocycles. The van der Waals surface area contributed by atoms with E-state index in [0.717, 1.165) is 13.0 Å². The molecule has 0 saturated carbocycles. The molecule has 2 atom stereocenters. The van der Waals surface area contributed by atoms with Crippen LogP contribution in [0.1, 0.15) is 45.7 Å². The van der Waals surface area contributed by atoms with Crippen molar-refractivity contribution in [1.82, 2.24) is 5.32 Å². The topological polar surface area (TPSA) is 15.3 Å². The van der Waals surface area contributed by atoms with Gasteiger partial charge in [0.1, 0.15) is 0 Å². The molecule has 0 amide bonds. The molecule has 0 fully saturated rings. The van der Waals surface area contributed by atoms with Crippen LogP contribution in [0, 0.1) is 0 Å². The van der Waals surface area contributed by atoms with E-state index < -0.39 is 0 Å². The van der Waals surface area contributed by atoms with E-state index in [-0.39, 0.29) is 0 Å². The molecule has 1 aromatic carbocycles. The average molecular weight is 313 g/mol. The van der Waals surface area contributed by atoms with E-state index in [1.54, 1.807) is 0 Å². The van der Waals surface area contributed by atoms with Gasteiger partial charge in [-0.05, 0) is 67.9 Å². The predicted octanol–water partition coefficient (Wildman–Crippen LogP) is 4.35. The van der Waals surface area contributed by atoms with Crippen LogP contribution in [0.5, 0.6) is 0 Å². The van der Waals surface area contributed by atoms with Crippen molar-refractivity contribution in [3.63, 3.8) is 0 Å². The Labute approximate surface area is 120 Å². The van der Waals surface area contributed by atoms with Gasteiger partial charge >= 0.3 is 0 Å². The number of nitrogens with zero attached hydrogens (tertiary/aromatic N) is 1. The number of rotatable bonds is 6. The highest BCUT2D eigenvalue weighted by molar-refractivity contribution is 9.10. The molecule has 1 N–H and O–H groups in total. The fourth-order valence-electron chi connectivity index (χ4n) is 2.13. The van der Waals surface area contributed by atoms with Crippen molar-refractivity contribution in [2.75, 3.05) is 18.5 Å². The average Bonchev–Trinajstić information content (AvgIpc) is 2.39. The number of benzene rings is 1. The lowest BCUT2D eigenvalue weighted by Crippen LogP contribution is -2.32. The molecule has 18 heavy (non-hydrogen) atoms. The number of hydrogen-bond acceptors (Lipinski definition) is 2. The lowest BCUT2D eigenvalue weighted by atomic mass is 10.1. The number of nitrogens with one attached hydrogen (secondary N) is 1. The molecule has 2 unspecified atom stereocenters. The molecule has 0 bridgehead atoms. The largest absolute Gasteiger partial charge is 0.368 e. The quantitative estimate of drug-likeness (QED) is 0.840. The van der Waals surface area contributed by atoms with Crippen LogP contribution in [-0.4, -0.2) is 19.6 Å². The molecule has 0 aliphatic carbocycles. The summed E-state index contributed by atoms with van der Waals surface area (Å²) >= 11 is 3.71. The summed E-state index contributed by atoms with van der Waals surface area (Å²) in [6.45, 7) is 9.93. The molecule has 0 heterocycles. The maximum absolute atomic E-state index is 3.71. The Kier molecular flexibility index (Phi) is 6.16. The van der Waals surface area contributed by atoms with Gasteiger partial charge in [0.05, 0.1) is 5.69 Å². The Bertz CT molecular complexity index is 379. The fraction of sp³-hybridized carbons (Fsp3) is 0.600. The monoisotopic (exact) mass is 312 g/mol. The summed E-state index contributed by atoms with van der Waals surface area (Å²) in [5.74, 6) is 0. The van der Waals surface area contributed by atoms with Crippen LogP contribution in [0.25, 0.3) is 0 Å². The summed E-state index contributed by atoms with van der Waals surface area (Å²) in [5.41, 5.74) is 2.60. The van der Waals surface area contributed by atoms with Crippen molar-refractivity contribution in [2.24, 2.45) is 0 Å². The second-order valence-corrected chi connectivity index (χ2v) is 5.62. The Morgan fingerprint density at radius 1 is 1.28 bits per heavy atom. The van der Waals surface area contributed by atoms with Gasteiger partial charge in [-0.15, -0.1) is 0 Å². The standard InChI is InChI=1S/C15H25BrN2/c1-6-11(3)18(7-2)15-9-8-13(10-14(15)16)12(4)17-5/h8-12,17H,6-7H2,1-5H3. The summed E-state index contributed by atoms with van der Waals surface area (Å²) < 4.78 is 1.18. The van der Waals surface area contributed by atoms with Gasteiger partial charge in [-0.1, -0.05) is 13.0 Å². The maximum atomic E-state index is 3.71. The van der Waals surface area contributed by atoms with Crippen molar-refractivity contribution in [3.8, 4) is 0 Å². The molecule has 0 aliphatic heterocycles. The first-order chi connectivity index (χ1) is 8.54. The van der Waals surface area contributed by atoms with E-state index in [9.17, 15) is 0 Å². The fourth-order valence-corrected chi connectivity index (χ4v) is 2.76. The summed E-state index contributed by atoms with van der Waals surface area (Å²) in [5, 5.41) is 3.27. The van der Waals surface area contributed by atoms with Gasteiger partial charge in [-0.25, -0.2) is 0 Å². The van der Waals surface area contributed by atoms with E-state index in [4.69, 9.17) is 0 Å². The van der Waals surface area contributed by atoms with Crippen molar-refractivity contribution in [3.05, 3.63) is 28.2 Å². The lowest BCUT2D eigenvalue weighted by Gasteiger charge is -2.31. The Hall–Kier alpha value is -0.540. The van der Waals surface area contributed by atoms with Gasteiger partial charge in [0.25, 0.3) is 0 Å². The first kappa shape index (κ1) is 15.5. The predicted molar refractivity (Wildman–Crippen MR) is 84.4 cm³/mol. The molecule has 3 heteroatoms. The molecule has 1 aromatic rings. The van der Waals surface area contributed by atoms with Crippen LogP contribution in [0.15, 0.2) is 22.7 Å².